The summed E-state index contributed by atoms with van der Waals surface area (Å²) >= 11 is 0. The Kier molecular flexibility index (Phi) is 5.93. The molecule has 0 aromatic rings. The summed E-state index contributed by atoms with van der Waals surface area (Å²) in [4.78, 5) is 2.58. The largest absolute Gasteiger partial charge is 0.329 e. The average Bonchev–Trinajstić information content (AvgIpc) is 3.18. The highest BCUT2D eigenvalue weighted by atomic mass is 15.2. The first-order valence-corrected chi connectivity index (χ1v) is 7.97. The van der Waals surface area contributed by atoms with Crippen molar-refractivity contribution >= 4 is 0 Å². The molecule has 0 aromatic carbocycles. The van der Waals surface area contributed by atoms with Crippen LogP contribution in [-0.4, -0.2) is 43.7 Å². The van der Waals surface area contributed by atoms with E-state index in [1.807, 2.05) is 0 Å². The number of likely N-dealkylation sites (tertiary alicyclic amines) is 1. The predicted octanol–water partition coefficient (Wildman–Crippen LogP) is 1.83. The molecule has 1 aliphatic heterocycles. The van der Waals surface area contributed by atoms with Crippen LogP contribution in [0.4, 0.5) is 0 Å². The lowest BCUT2D eigenvalue weighted by atomic mass is 9.90. The Hall–Kier alpha value is -0.120. The predicted molar refractivity (Wildman–Crippen MR) is 77.6 cm³/mol. The quantitative estimate of drug-likeness (QED) is 0.693. The van der Waals surface area contributed by atoms with Crippen LogP contribution >= 0.6 is 0 Å². The summed E-state index contributed by atoms with van der Waals surface area (Å²) in [7, 11) is 0. The van der Waals surface area contributed by atoms with Crippen LogP contribution in [0, 0.1) is 11.8 Å². The molecule has 1 aliphatic carbocycles. The first-order chi connectivity index (χ1) is 8.81. The van der Waals surface area contributed by atoms with Crippen molar-refractivity contribution in [1.29, 1.82) is 0 Å². The highest BCUT2D eigenvalue weighted by Crippen LogP contribution is 2.28. The van der Waals surface area contributed by atoms with E-state index in [0.29, 0.717) is 6.04 Å². The maximum Gasteiger partial charge on any atom is 0.0198 e. The van der Waals surface area contributed by atoms with Crippen molar-refractivity contribution in [2.24, 2.45) is 17.6 Å². The molecule has 3 nitrogen and oxygen atoms in total. The van der Waals surface area contributed by atoms with Gasteiger partial charge in [-0.05, 0) is 44.1 Å². The Morgan fingerprint density at radius 2 is 2.06 bits per heavy atom. The van der Waals surface area contributed by atoms with E-state index in [0.717, 1.165) is 24.9 Å². The van der Waals surface area contributed by atoms with Crippen molar-refractivity contribution in [3.63, 3.8) is 0 Å². The van der Waals surface area contributed by atoms with E-state index in [9.17, 15) is 0 Å². The van der Waals surface area contributed by atoms with Crippen molar-refractivity contribution in [2.45, 2.75) is 51.5 Å². The van der Waals surface area contributed by atoms with E-state index in [4.69, 9.17) is 5.73 Å². The summed E-state index contributed by atoms with van der Waals surface area (Å²) in [6.07, 6.45) is 8.40. The van der Waals surface area contributed by atoms with E-state index in [1.165, 1.54) is 58.2 Å². The fourth-order valence-electron chi connectivity index (χ4n) is 3.17. The molecule has 2 aliphatic rings. The van der Waals surface area contributed by atoms with Gasteiger partial charge in [-0.3, -0.25) is 0 Å². The molecule has 3 N–H and O–H groups in total. The summed E-state index contributed by atoms with van der Waals surface area (Å²) < 4.78 is 0. The minimum Gasteiger partial charge on any atom is -0.329 e. The Morgan fingerprint density at radius 3 is 2.72 bits per heavy atom. The Morgan fingerprint density at radius 1 is 1.22 bits per heavy atom. The fourth-order valence-corrected chi connectivity index (χ4v) is 3.17. The van der Waals surface area contributed by atoms with Gasteiger partial charge in [0.05, 0.1) is 0 Å². The van der Waals surface area contributed by atoms with Gasteiger partial charge in [0, 0.05) is 32.2 Å². The number of hydrogen-bond acceptors (Lipinski definition) is 3. The highest BCUT2D eigenvalue weighted by molar-refractivity contribution is 4.86. The second-order valence-electron chi connectivity index (χ2n) is 6.34. The van der Waals surface area contributed by atoms with Gasteiger partial charge in [-0.15, -0.1) is 0 Å². The fraction of sp³-hybridized carbons (Fsp3) is 1.00. The van der Waals surface area contributed by atoms with Gasteiger partial charge < -0.3 is 16.0 Å². The zero-order valence-electron chi connectivity index (χ0n) is 12.0. The number of nitrogens with zero attached hydrogens (tertiary/aromatic N) is 1. The average molecular weight is 253 g/mol. The van der Waals surface area contributed by atoms with Gasteiger partial charge >= 0.3 is 0 Å². The van der Waals surface area contributed by atoms with Crippen LogP contribution in [-0.2, 0) is 0 Å². The number of hydrogen-bond donors (Lipinski definition) is 2. The van der Waals surface area contributed by atoms with E-state index in [1.54, 1.807) is 0 Å². The number of nitrogens with one attached hydrogen (secondary N) is 1. The lowest BCUT2D eigenvalue weighted by Gasteiger charge is -2.38. The van der Waals surface area contributed by atoms with Gasteiger partial charge in [0.2, 0.25) is 0 Å². The third-order valence-corrected chi connectivity index (χ3v) is 4.42. The second kappa shape index (κ2) is 7.46. The normalized spacial score (nSPS) is 29.7. The number of nitrogens with two attached hydrogens (primary N) is 1. The van der Waals surface area contributed by atoms with Crippen LogP contribution in [0.1, 0.15) is 45.4 Å². The summed E-state index contributed by atoms with van der Waals surface area (Å²) in [6, 6.07) is 0.716. The molecule has 106 valence electrons. The molecule has 0 aromatic heterocycles. The molecule has 2 fully saturated rings. The SMILES string of the molecule is CCCCC1CC(NCC2CC2)CN(CCN)C1. The van der Waals surface area contributed by atoms with Crippen molar-refractivity contribution in [1.82, 2.24) is 10.2 Å². The van der Waals surface area contributed by atoms with Crippen molar-refractivity contribution < 1.29 is 0 Å². The van der Waals surface area contributed by atoms with Gasteiger partial charge in [-0.1, -0.05) is 19.8 Å². The molecule has 1 saturated carbocycles. The van der Waals surface area contributed by atoms with Crippen LogP contribution in [0.3, 0.4) is 0 Å². The van der Waals surface area contributed by atoms with Crippen LogP contribution < -0.4 is 11.1 Å². The molecule has 2 rings (SSSR count). The zero-order valence-corrected chi connectivity index (χ0v) is 12.0. The van der Waals surface area contributed by atoms with Crippen molar-refractivity contribution in [3.05, 3.63) is 0 Å². The molecular formula is C15H31N3. The molecule has 1 saturated heterocycles. The van der Waals surface area contributed by atoms with Gasteiger partial charge in [0.1, 0.15) is 0 Å². The van der Waals surface area contributed by atoms with Crippen molar-refractivity contribution in [2.75, 3.05) is 32.7 Å². The van der Waals surface area contributed by atoms with E-state index < -0.39 is 0 Å². The van der Waals surface area contributed by atoms with Crippen LogP contribution in [0.5, 0.6) is 0 Å². The van der Waals surface area contributed by atoms with Crippen molar-refractivity contribution in [3.8, 4) is 0 Å². The van der Waals surface area contributed by atoms with Gasteiger partial charge in [-0.2, -0.15) is 0 Å². The van der Waals surface area contributed by atoms with Crippen LogP contribution in [0.15, 0.2) is 0 Å². The van der Waals surface area contributed by atoms with E-state index in [-0.39, 0.29) is 0 Å². The first-order valence-electron chi connectivity index (χ1n) is 7.97. The van der Waals surface area contributed by atoms with Crippen LogP contribution in [0.25, 0.3) is 0 Å². The highest BCUT2D eigenvalue weighted by Gasteiger charge is 2.28. The second-order valence-corrected chi connectivity index (χ2v) is 6.34. The molecule has 0 radical (unpaired) electrons. The third kappa shape index (κ3) is 4.87. The minimum absolute atomic E-state index is 0.716. The molecule has 0 bridgehead atoms. The smallest absolute Gasteiger partial charge is 0.0198 e. The number of piperidine rings is 1. The van der Waals surface area contributed by atoms with Crippen LogP contribution in [0.2, 0.25) is 0 Å². The topological polar surface area (TPSA) is 41.3 Å². The number of rotatable bonds is 8. The molecular weight excluding hydrogens is 222 g/mol. The van der Waals surface area contributed by atoms with Gasteiger partial charge in [0.25, 0.3) is 0 Å². The number of unbranched alkanes of at least 4 members (excludes halogenated alkanes) is 1. The first kappa shape index (κ1) is 14.3. The summed E-state index contributed by atoms with van der Waals surface area (Å²) in [5, 5.41) is 3.80. The lowest BCUT2D eigenvalue weighted by Crippen LogP contribution is -2.50. The van der Waals surface area contributed by atoms with Gasteiger partial charge in [0.15, 0.2) is 0 Å². The maximum atomic E-state index is 5.72. The van der Waals surface area contributed by atoms with E-state index >= 15 is 0 Å². The maximum absolute atomic E-state index is 5.72. The summed E-state index contributed by atoms with van der Waals surface area (Å²) in [5.74, 6) is 1.88. The molecule has 1 heterocycles. The zero-order chi connectivity index (χ0) is 12.8. The minimum atomic E-state index is 0.716. The molecule has 3 heteroatoms. The monoisotopic (exact) mass is 253 g/mol. The van der Waals surface area contributed by atoms with Gasteiger partial charge in [-0.25, -0.2) is 0 Å². The summed E-state index contributed by atoms with van der Waals surface area (Å²) in [6.45, 7) is 7.91. The standard InChI is InChI=1S/C15H31N3/c1-2-3-4-14-9-15(17-10-13-5-6-13)12-18(11-14)8-7-16/h13-15,17H,2-12,16H2,1H3. The van der Waals surface area contributed by atoms with E-state index in [2.05, 4.69) is 17.1 Å². The Bertz CT molecular complexity index is 228. The molecule has 2 atom stereocenters. The summed E-state index contributed by atoms with van der Waals surface area (Å²) in [5.41, 5.74) is 5.72. The third-order valence-electron chi connectivity index (χ3n) is 4.42. The Balaban J connectivity index is 1.75. The lowest BCUT2D eigenvalue weighted by molar-refractivity contribution is 0.137. The molecule has 0 spiro atoms. The molecule has 2 unspecified atom stereocenters. The Labute approximate surface area is 112 Å². The molecule has 0 amide bonds. The molecule has 18 heavy (non-hydrogen) atoms.